The molecule has 0 spiro atoms. The number of nitrogens with one attached hydrogen (secondary N) is 4. The first-order valence-corrected chi connectivity index (χ1v) is 12.3. The smallest absolute Gasteiger partial charge is 0.252 e. The van der Waals surface area contributed by atoms with Gasteiger partial charge in [0, 0.05) is 41.9 Å². The summed E-state index contributed by atoms with van der Waals surface area (Å²) in [6, 6.07) is 30.5. The van der Waals surface area contributed by atoms with Gasteiger partial charge in [0.15, 0.2) is 0 Å². The lowest BCUT2D eigenvalue weighted by atomic mass is 10.0. The Morgan fingerprint density at radius 3 is 2.49 bits per heavy atom. The first kappa shape index (κ1) is 23.0. The molecular formula is C29H31N5O. The Morgan fingerprint density at radius 2 is 1.71 bits per heavy atom. The highest BCUT2D eigenvalue weighted by Gasteiger charge is 2.21. The van der Waals surface area contributed by atoms with Crippen molar-refractivity contribution >= 4 is 5.91 Å². The molecule has 2 heterocycles. The number of H-pyrrole nitrogens is 1. The lowest BCUT2D eigenvalue weighted by Gasteiger charge is -2.22. The minimum atomic E-state index is -0.0799. The average Bonchev–Trinajstić information content (AvgIpc) is 3.61. The number of hydrogen-bond acceptors (Lipinski definition) is 4. The minimum absolute atomic E-state index is 0.0276. The Labute approximate surface area is 206 Å². The van der Waals surface area contributed by atoms with Crippen LogP contribution in [0.2, 0.25) is 0 Å². The molecule has 1 saturated heterocycles. The Balaban J connectivity index is 1.35. The molecule has 6 heteroatoms. The zero-order valence-electron chi connectivity index (χ0n) is 19.7. The number of nitrogens with zero attached hydrogens (tertiary/aromatic N) is 1. The second-order valence-corrected chi connectivity index (χ2v) is 9.04. The Bertz CT molecular complexity index is 1230. The summed E-state index contributed by atoms with van der Waals surface area (Å²) in [6.45, 7) is 2.73. The van der Waals surface area contributed by atoms with E-state index in [1.807, 2.05) is 78.9 Å². The largest absolute Gasteiger partial charge is 0.348 e. The normalized spacial score (nSPS) is 16.2. The van der Waals surface area contributed by atoms with E-state index in [9.17, 15) is 4.79 Å². The van der Waals surface area contributed by atoms with Crippen molar-refractivity contribution in [2.45, 2.75) is 24.9 Å². The Kier molecular flexibility index (Phi) is 7.32. The van der Waals surface area contributed by atoms with E-state index < -0.39 is 0 Å². The summed E-state index contributed by atoms with van der Waals surface area (Å²) < 4.78 is 0. The fourth-order valence-electron chi connectivity index (χ4n) is 4.61. The van der Waals surface area contributed by atoms with Crippen molar-refractivity contribution in [3.63, 3.8) is 0 Å². The van der Waals surface area contributed by atoms with Crippen molar-refractivity contribution in [3.05, 3.63) is 102 Å². The first-order valence-electron chi connectivity index (χ1n) is 12.3. The van der Waals surface area contributed by atoms with Crippen LogP contribution in [0.4, 0.5) is 0 Å². The van der Waals surface area contributed by atoms with Crippen LogP contribution < -0.4 is 16.0 Å². The number of benzene rings is 3. The highest BCUT2D eigenvalue weighted by Crippen LogP contribution is 2.26. The Hall–Kier alpha value is -3.74. The SMILES string of the molecule is O=C(N[C@H](CNC1CCNC1)Cc1ccccc1)c1ccccc1-c1cc(-c2ccccc2)n[nH]1. The predicted octanol–water partition coefficient (Wildman–Crippen LogP) is 4.04. The maximum absolute atomic E-state index is 13.5. The van der Waals surface area contributed by atoms with Gasteiger partial charge in [0.05, 0.1) is 11.4 Å². The summed E-state index contributed by atoms with van der Waals surface area (Å²) in [5, 5.41) is 17.9. The van der Waals surface area contributed by atoms with Gasteiger partial charge in [-0.05, 0) is 37.1 Å². The molecule has 1 aliphatic heterocycles. The van der Waals surface area contributed by atoms with Gasteiger partial charge in [0.1, 0.15) is 0 Å². The van der Waals surface area contributed by atoms with Crippen LogP contribution in [0, 0.1) is 0 Å². The molecule has 35 heavy (non-hydrogen) atoms. The van der Waals surface area contributed by atoms with Crippen LogP contribution in [0.1, 0.15) is 22.3 Å². The molecule has 2 atom stereocenters. The molecule has 0 bridgehead atoms. The van der Waals surface area contributed by atoms with E-state index in [0.717, 1.165) is 55.0 Å². The number of aromatic amines is 1. The number of carbonyl (C=O) groups excluding carboxylic acids is 1. The van der Waals surface area contributed by atoms with Crippen molar-refractivity contribution < 1.29 is 4.79 Å². The third kappa shape index (κ3) is 5.85. The second kappa shape index (κ2) is 11.1. The van der Waals surface area contributed by atoms with Crippen molar-refractivity contribution in [3.8, 4) is 22.5 Å². The molecule has 5 rings (SSSR count). The van der Waals surface area contributed by atoms with E-state index in [2.05, 4.69) is 38.3 Å². The van der Waals surface area contributed by atoms with Gasteiger partial charge < -0.3 is 16.0 Å². The molecule has 4 N–H and O–H groups in total. The van der Waals surface area contributed by atoms with Gasteiger partial charge in [0.2, 0.25) is 0 Å². The lowest BCUT2D eigenvalue weighted by Crippen LogP contribution is -2.46. The van der Waals surface area contributed by atoms with Crippen LogP contribution in [-0.4, -0.2) is 47.8 Å². The third-order valence-electron chi connectivity index (χ3n) is 6.48. The van der Waals surface area contributed by atoms with E-state index >= 15 is 0 Å². The summed E-state index contributed by atoms with van der Waals surface area (Å²) >= 11 is 0. The molecule has 1 amide bonds. The summed E-state index contributed by atoms with van der Waals surface area (Å²) in [6.07, 6.45) is 1.88. The van der Waals surface area contributed by atoms with E-state index in [-0.39, 0.29) is 11.9 Å². The van der Waals surface area contributed by atoms with Gasteiger partial charge in [-0.3, -0.25) is 9.89 Å². The molecule has 1 aliphatic rings. The van der Waals surface area contributed by atoms with E-state index in [4.69, 9.17) is 0 Å². The highest BCUT2D eigenvalue weighted by molar-refractivity contribution is 6.00. The average molecular weight is 466 g/mol. The number of aromatic nitrogens is 2. The Morgan fingerprint density at radius 1 is 0.971 bits per heavy atom. The molecule has 0 aliphatic carbocycles. The minimum Gasteiger partial charge on any atom is -0.348 e. The topological polar surface area (TPSA) is 81.8 Å². The van der Waals surface area contributed by atoms with Crippen LogP contribution in [0.3, 0.4) is 0 Å². The highest BCUT2D eigenvalue weighted by atomic mass is 16.1. The molecule has 0 saturated carbocycles. The summed E-state index contributed by atoms with van der Waals surface area (Å²) in [4.78, 5) is 13.5. The fraction of sp³-hybridized carbons (Fsp3) is 0.241. The monoisotopic (exact) mass is 465 g/mol. The van der Waals surface area contributed by atoms with Gasteiger partial charge in [-0.1, -0.05) is 78.9 Å². The molecule has 1 fully saturated rings. The van der Waals surface area contributed by atoms with Crippen LogP contribution in [0.15, 0.2) is 91.0 Å². The quantitative estimate of drug-likeness (QED) is 0.301. The van der Waals surface area contributed by atoms with E-state index in [1.165, 1.54) is 5.56 Å². The van der Waals surface area contributed by atoms with Gasteiger partial charge in [-0.2, -0.15) is 5.10 Å². The van der Waals surface area contributed by atoms with Gasteiger partial charge in [-0.25, -0.2) is 0 Å². The summed E-state index contributed by atoms with van der Waals surface area (Å²) in [5.74, 6) is -0.0799. The van der Waals surface area contributed by atoms with Gasteiger partial charge in [-0.15, -0.1) is 0 Å². The third-order valence-corrected chi connectivity index (χ3v) is 6.48. The van der Waals surface area contributed by atoms with Crippen LogP contribution in [0.5, 0.6) is 0 Å². The van der Waals surface area contributed by atoms with Crippen LogP contribution >= 0.6 is 0 Å². The first-order chi connectivity index (χ1) is 17.3. The predicted molar refractivity (Wildman–Crippen MR) is 140 cm³/mol. The molecule has 4 aromatic rings. The van der Waals surface area contributed by atoms with Crippen LogP contribution in [0.25, 0.3) is 22.5 Å². The molecule has 3 aromatic carbocycles. The van der Waals surface area contributed by atoms with Crippen molar-refractivity contribution in [1.29, 1.82) is 0 Å². The maximum Gasteiger partial charge on any atom is 0.252 e. The molecule has 1 unspecified atom stereocenters. The number of hydrogen-bond donors (Lipinski definition) is 4. The molecular weight excluding hydrogens is 434 g/mol. The van der Waals surface area contributed by atoms with Crippen LogP contribution in [-0.2, 0) is 6.42 Å². The number of amides is 1. The zero-order chi connectivity index (χ0) is 23.9. The standard InChI is InChI=1S/C29H31N5O/c35-29(32-24(17-21-9-3-1-4-10-21)20-31-23-15-16-30-19-23)26-14-8-7-13-25(26)28-18-27(33-34-28)22-11-5-2-6-12-22/h1-14,18,23-24,30-31H,15-17,19-20H2,(H,32,35)(H,33,34)/t23?,24-/m0/s1. The van der Waals surface area contributed by atoms with Gasteiger partial charge >= 0.3 is 0 Å². The molecule has 0 radical (unpaired) electrons. The van der Waals surface area contributed by atoms with E-state index in [1.54, 1.807) is 0 Å². The molecule has 6 nitrogen and oxygen atoms in total. The second-order valence-electron chi connectivity index (χ2n) is 9.04. The van der Waals surface area contributed by atoms with Gasteiger partial charge in [0.25, 0.3) is 5.91 Å². The summed E-state index contributed by atoms with van der Waals surface area (Å²) in [5.41, 5.74) is 5.39. The lowest BCUT2D eigenvalue weighted by molar-refractivity contribution is 0.0936. The van der Waals surface area contributed by atoms with Crippen molar-refractivity contribution in [2.75, 3.05) is 19.6 Å². The van der Waals surface area contributed by atoms with E-state index in [0.29, 0.717) is 11.6 Å². The van der Waals surface area contributed by atoms with Crippen molar-refractivity contribution in [2.24, 2.45) is 0 Å². The molecule has 1 aromatic heterocycles. The van der Waals surface area contributed by atoms with Crippen molar-refractivity contribution in [1.82, 2.24) is 26.1 Å². The number of rotatable bonds is 9. The summed E-state index contributed by atoms with van der Waals surface area (Å²) in [7, 11) is 0. The molecule has 178 valence electrons. The fourth-order valence-corrected chi connectivity index (χ4v) is 4.61. The number of carbonyl (C=O) groups is 1. The zero-order valence-corrected chi connectivity index (χ0v) is 19.7. The maximum atomic E-state index is 13.5.